The molecule has 0 bridgehead atoms. The molecular weight excluding hydrogens is 576 g/mol. The number of thiazole rings is 1. The average molecular weight is 613 g/mol. The van der Waals surface area contributed by atoms with Crippen LogP contribution in [0.2, 0.25) is 0 Å². The number of aryl methyl sites for hydroxylation is 1. The summed E-state index contributed by atoms with van der Waals surface area (Å²) in [6.07, 6.45) is 1.81. The van der Waals surface area contributed by atoms with E-state index in [1.54, 1.807) is 18.4 Å². The minimum absolute atomic E-state index is 0.201. The molecule has 3 aromatic carbocycles. The van der Waals surface area contributed by atoms with Gasteiger partial charge in [-0.2, -0.15) is 0 Å². The van der Waals surface area contributed by atoms with Crippen molar-refractivity contribution in [3.8, 4) is 17.2 Å². The fourth-order valence-corrected chi connectivity index (χ4v) is 6.24. The number of hydrogen-bond donors (Lipinski definition) is 0. The van der Waals surface area contributed by atoms with Gasteiger partial charge in [0.25, 0.3) is 5.56 Å². The van der Waals surface area contributed by atoms with Gasteiger partial charge in [0, 0.05) is 5.56 Å². The lowest BCUT2D eigenvalue weighted by Gasteiger charge is -2.26. The highest BCUT2D eigenvalue weighted by Crippen LogP contribution is 2.36. The third-order valence-electron chi connectivity index (χ3n) is 7.07. The predicted molar refractivity (Wildman–Crippen MR) is 171 cm³/mol. The third-order valence-corrected chi connectivity index (χ3v) is 8.06. The van der Waals surface area contributed by atoms with Gasteiger partial charge in [0.2, 0.25) is 0 Å². The number of rotatable bonds is 11. The Labute approximate surface area is 260 Å². The Morgan fingerprint density at radius 2 is 1.66 bits per heavy atom. The van der Waals surface area contributed by atoms with Crippen LogP contribution >= 0.6 is 11.3 Å². The van der Waals surface area contributed by atoms with Gasteiger partial charge in [-0.1, -0.05) is 65.4 Å². The first-order valence-corrected chi connectivity index (χ1v) is 15.5. The van der Waals surface area contributed by atoms with E-state index in [4.69, 9.17) is 18.9 Å². The summed E-state index contributed by atoms with van der Waals surface area (Å²) in [6.45, 7) is 10.9. The summed E-state index contributed by atoms with van der Waals surface area (Å²) in [7, 11) is 0. The monoisotopic (exact) mass is 612 g/mol. The first-order valence-electron chi connectivity index (χ1n) is 14.7. The molecule has 228 valence electrons. The summed E-state index contributed by atoms with van der Waals surface area (Å²) >= 11 is 1.27. The quantitative estimate of drug-likeness (QED) is 0.209. The van der Waals surface area contributed by atoms with Crippen molar-refractivity contribution in [3.63, 3.8) is 0 Å². The summed E-state index contributed by atoms with van der Waals surface area (Å²) in [5.74, 6) is 1.29. The molecule has 1 aliphatic rings. The number of carbonyl (C=O) groups excluding carboxylic acids is 1. The minimum Gasteiger partial charge on any atom is -0.494 e. The van der Waals surface area contributed by atoms with E-state index >= 15 is 0 Å². The third kappa shape index (κ3) is 6.48. The Balaban J connectivity index is 1.58. The van der Waals surface area contributed by atoms with Gasteiger partial charge in [-0.3, -0.25) is 9.36 Å². The standard InChI is InChI=1S/C35H36N2O6S/c1-6-40-27-15-10-9-14-26(27)32-31(34(39)42-8-3)23(5)36-35-37(32)33(38)30(44-35)20-24-16-17-28(29(19-24)41-7-2)43-21-25-13-11-12-22(4)18-25/h9-20,32H,6-8,21H2,1-5H3/b30-20-/t32-/m1/s1. The molecule has 5 rings (SSSR count). The van der Waals surface area contributed by atoms with E-state index in [2.05, 4.69) is 11.1 Å². The van der Waals surface area contributed by atoms with Gasteiger partial charge < -0.3 is 18.9 Å². The van der Waals surface area contributed by atoms with Crippen LogP contribution in [0.1, 0.15) is 56.0 Å². The molecule has 0 saturated heterocycles. The number of carbonyl (C=O) groups is 1. The lowest BCUT2D eigenvalue weighted by molar-refractivity contribution is -0.139. The highest BCUT2D eigenvalue weighted by molar-refractivity contribution is 7.07. The van der Waals surface area contributed by atoms with E-state index in [1.807, 2.05) is 87.5 Å². The zero-order valence-electron chi connectivity index (χ0n) is 25.6. The molecular formula is C35H36N2O6S. The molecule has 2 heterocycles. The van der Waals surface area contributed by atoms with Crippen LogP contribution in [0.15, 0.2) is 87.8 Å². The number of allylic oxidation sites excluding steroid dienone is 1. The molecule has 0 saturated carbocycles. The predicted octanol–water partition coefficient (Wildman–Crippen LogP) is 5.48. The SMILES string of the molecule is CCOC(=O)C1=C(C)N=c2s/c(=C\c3ccc(OCc4cccc(C)c4)c(OCC)c3)c(=O)n2[C@@H]1c1ccccc1OCC. The van der Waals surface area contributed by atoms with Crippen molar-refractivity contribution >= 4 is 23.4 Å². The number of aromatic nitrogens is 1. The Morgan fingerprint density at radius 3 is 2.41 bits per heavy atom. The molecule has 0 N–H and O–H groups in total. The van der Waals surface area contributed by atoms with Crippen molar-refractivity contribution < 1.29 is 23.7 Å². The Hall–Kier alpha value is -4.63. The molecule has 0 fully saturated rings. The van der Waals surface area contributed by atoms with Gasteiger partial charge in [0.1, 0.15) is 18.4 Å². The first kappa shape index (κ1) is 30.8. The van der Waals surface area contributed by atoms with E-state index < -0.39 is 12.0 Å². The Bertz CT molecular complexity index is 1890. The van der Waals surface area contributed by atoms with Crippen LogP contribution in [0.5, 0.6) is 17.2 Å². The molecule has 0 aliphatic carbocycles. The van der Waals surface area contributed by atoms with Gasteiger partial charge in [-0.15, -0.1) is 0 Å². The molecule has 44 heavy (non-hydrogen) atoms. The topological polar surface area (TPSA) is 88.4 Å². The first-order chi connectivity index (χ1) is 21.3. The van der Waals surface area contributed by atoms with Gasteiger partial charge in [0.15, 0.2) is 16.3 Å². The van der Waals surface area contributed by atoms with Crippen LogP contribution in [0.4, 0.5) is 0 Å². The number of nitrogens with zero attached hydrogens (tertiary/aromatic N) is 2. The summed E-state index contributed by atoms with van der Waals surface area (Å²) in [5, 5.41) is 0. The average Bonchev–Trinajstić information content (AvgIpc) is 3.30. The normalized spacial score (nSPS) is 14.6. The van der Waals surface area contributed by atoms with Gasteiger partial charge in [-0.05, 0) is 70.0 Å². The fraction of sp³-hybridized carbons (Fsp3) is 0.286. The maximum absolute atomic E-state index is 14.1. The van der Waals surface area contributed by atoms with E-state index in [0.717, 1.165) is 11.1 Å². The second-order valence-corrected chi connectivity index (χ2v) is 11.2. The van der Waals surface area contributed by atoms with Crippen LogP contribution in [-0.4, -0.2) is 30.4 Å². The summed E-state index contributed by atoms with van der Waals surface area (Å²) < 4.78 is 25.4. The molecule has 0 spiro atoms. The number of hydrogen-bond acceptors (Lipinski definition) is 8. The van der Waals surface area contributed by atoms with Crippen molar-refractivity contribution in [2.24, 2.45) is 4.99 Å². The number of esters is 1. The van der Waals surface area contributed by atoms with Crippen LogP contribution in [0.3, 0.4) is 0 Å². The lowest BCUT2D eigenvalue weighted by Crippen LogP contribution is -2.40. The molecule has 0 unspecified atom stereocenters. The smallest absolute Gasteiger partial charge is 0.338 e. The maximum atomic E-state index is 14.1. The van der Waals surface area contributed by atoms with Crippen LogP contribution in [0, 0.1) is 6.92 Å². The number of fused-ring (bicyclic) bond motifs is 1. The second-order valence-electron chi connectivity index (χ2n) is 10.2. The van der Waals surface area contributed by atoms with E-state index in [0.29, 0.717) is 63.2 Å². The zero-order valence-corrected chi connectivity index (χ0v) is 26.4. The highest BCUT2D eigenvalue weighted by Gasteiger charge is 2.35. The Morgan fingerprint density at radius 1 is 0.886 bits per heavy atom. The van der Waals surface area contributed by atoms with Crippen LogP contribution in [0.25, 0.3) is 6.08 Å². The molecule has 8 nitrogen and oxygen atoms in total. The van der Waals surface area contributed by atoms with Crippen molar-refractivity contribution in [2.75, 3.05) is 19.8 Å². The summed E-state index contributed by atoms with van der Waals surface area (Å²) in [6, 6.07) is 20.5. The lowest BCUT2D eigenvalue weighted by atomic mass is 9.95. The highest BCUT2D eigenvalue weighted by atomic mass is 32.1. The molecule has 0 radical (unpaired) electrons. The maximum Gasteiger partial charge on any atom is 0.338 e. The van der Waals surface area contributed by atoms with Crippen molar-refractivity contribution in [3.05, 3.63) is 120 Å². The minimum atomic E-state index is -0.758. The molecule has 9 heteroatoms. The van der Waals surface area contributed by atoms with Gasteiger partial charge in [0.05, 0.1) is 35.6 Å². The molecule has 0 amide bonds. The molecule has 4 aromatic rings. The van der Waals surface area contributed by atoms with E-state index in [9.17, 15) is 9.59 Å². The van der Waals surface area contributed by atoms with Crippen molar-refractivity contribution in [1.29, 1.82) is 0 Å². The van der Waals surface area contributed by atoms with E-state index in [-0.39, 0.29) is 12.2 Å². The van der Waals surface area contributed by atoms with Crippen LogP contribution < -0.4 is 29.1 Å². The van der Waals surface area contributed by atoms with Crippen molar-refractivity contribution in [1.82, 2.24) is 4.57 Å². The molecule has 1 aromatic heterocycles. The molecule has 1 atom stereocenters. The molecule has 1 aliphatic heterocycles. The van der Waals surface area contributed by atoms with Crippen LogP contribution in [-0.2, 0) is 16.1 Å². The largest absolute Gasteiger partial charge is 0.494 e. The summed E-state index contributed by atoms with van der Waals surface area (Å²) in [4.78, 5) is 32.5. The number of para-hydroxylation sites is 1. The number of benzene rings is 3. The fourth-order valence-electron chi connectivity index (χ4n) is 5.20. The van der Waals surface area contributed by atoms with E-state index in [1.165, 1.54) is 16.9 Å². The Kier molecular flexibility index (Phi) is 9.65. The second kappa shape index (κ2) is 13.8. The van der Waals surface area contributed by atoms with Crippen molar-refractivity contribution in [2.45, 2.75) is 47.3 Å². The van der Waals surface area contributed by atoms with Gasteiger partial charge in [-0.25, -0.2) is 9.79 Å². The number of ether oxygens (including phenoxy) is 4. The van der Waals surface area contributed by atoms with Gasteiger partial charge >= 0.3 is 5.97 Å². The summed E-state index contributed by atoms with van der Waals surface area (Å²) in [5.41, 5.74) is 4.24. The zero-order chi connectivity index (χ0) is 31.2.